The van der Waals surface area contributed by atoms with Gasteiger partial charge in [-0.25, -0.2) is 4.98 Å². The largest absolute Gasteiger partial charge is 0.506 e. The zero-order chi connectivity index (χ0) is 16.4. The molecule has 0 amide bonds. The highest BCUT2D eigenvalue weighted by Gasteiger charge is 2.11. The second-order valence-electron chi connectivity index (χ2n) is 5.46. The highest BCUT2D eigenvalue weighted by molar-refractivity contribution is 5.57. The standard InChI is InChI=1S/C18H17N3O2/c1-12-5-3-4-6-13(12)9-17-20-11-15(18(23)21(17)2)16-8-7-14(22)10-19-16/h3-8,10-11,22H,9H2,1-2H3. The summed E-state index contributed by atoms with van der Waals surface area (Å²) >= 11 is 0. The van der Waals surface area contributed by atoms with Crippen LogP contribution in [-0.2, 0) is 13.5 Å². The maximum absolute atomic E-state index is 12.6. The number of aryl methyl sites for hydroxylation is 1. The van der Waals surface area contributed by atoms with E-state index in [-0.39, 0.29) is 11.3 Å². The molecule has 116 valence electrons. The molecule has 5 heteroatoms. The second-order valence-corrected chi connectivity index (χ2v) is 5.46. The minimum Gasteiger partial charge on any atom is -0.506 e. The van der Waals surface area contributed by atoms with Crippen LogP contribution in [0.2, 0.25) is 0 Å². The molecule has 3 rings (SSSR count). The lowest BCUT2D eigenvalue weighted by Crippen LogP contribution is -2.24. The Morgan fingerprint density at radius 3 is 2.57 bits per heavy atom. The number of nitrogens with zero attached hydrogens (tertiary/aromatic N) is 3. The Morgan fingerprint density at radius 2 is 1.87 bits per heavy atom. The highest BCUT2D eigenvalue weighted by atomic mass is 16.3. The van der Waals surface area contributed by atoms with Gasteiger partial charge in [0.2, 0.25) is 0 Å². The van der Waals surface area contributed by atoms with Gasteiger partial charge in [-0.05, 0) is 30.2 Å². The molecule has 0 aliphatic heterocycles. The van der Waals surface area contributed by atoms with Gasteiger partial charge in [-0.2, -0.15) is 0 Å². The summed E-state index contributed by atoms with van der Waals surface area (Å²) in [5.41, 5.74) is 3.08. The fourth-order valence-electron chi connectivity index (χ4n) is 2.44. The van der Waals surface area contributed by atoms with Crippen molar-refractivity contribution in [3.63, 3.8) is 0 Å². The minimum atomic E-state index is -0.151. The molecule has 23 heavy (non-hydrogen) atoms. The van der Waals surface area contributed by atoms with Crippen LogP contribution < -0.4 is 5.56 Å². The van der Waals surface area contributed by atoms with Crippen molar-refractivity contribution >= 4 is 0 Å². The molecule has 0 bridgehead atoms. The Hall–Kier alpha value is -2.95. The van der Waals surface area contributed by atoms with Crippen LogP contribution in [0.25, 0.3) is 11.3 Å². The van der Waals surface area contributed by atoms with E-state index >= 15 is 0 Å². The first-order valence-electron chi connectivity index (χ1n) is 7.31. The van der Waals surface area contributed by atoms with Crippen molar-refractivity contribution < 1.29 is 5.11 Å². The van der Waals surface area contributed by atoms with Crippen LogP contribution in [0.5, 0.6) is 5.75 Å². The van der Waals surface area contributed by atoms with Crippen molar-refractivity contribution in [2.45, 2.75) is 13.3 Å². The van der Waals surface area contributed by atoms with E-state index in [1.54, 1.807) is 23.9 Å². The zero-order valence-corrected chi connectivity index (χ0v) is 13.0. The van der Waals surface area contributed by atoms with Gasteiger partial charge < -0.3 is 5.11 Å². The zero-order valence-electron chi connectivity index (χ0n) is 13.0. The van der Waals surface area contributed by atoms with E-state index in [0.29, 0.717) is 23.5 Å². The summed E-state index contributed by atoms with van der Waals surface area (Å²) in [7, 11) is 1.72. The molecule has 0 fully saturated rings. The molecule has 0 spiro atoms. The lowest BCUT2D eigenvalue weighted by Gasteiger charge is -2.10. The summed E-state index contributed by atoms with van der Waals surface area (Å²) in [5.74, 6) is 0.765. The molecule has 0 radical (unpaired) electrons. The van der Waals surface area contributed by atoms with Crippen molar-refractivity contribution in [1.82, 2.24) is 14.5 Å². The highest BCUT2D eigenvalue weighted by Crippen LogP contribution is 2.16. The van der Waals surface area contributed by atoms with E-state index in [9.17, 15) is 9.90 Å². The van der Waals surface area contributed by atoms with Gasteiger partial charge in [0.15, 0.2) is 0 Å². The van der Waals surface area contributed by atoms with Crippen LogP contribution in [-0.4, -0.2) is 19.6 Å². The van der Waals surface area contributed by atoms with Crippen LogP contribution in [0.15, 0.2) is 53.6 Å². The van der Waals surface area contributed by atoms with E-state index in [0.717, 1.165) is 5.56 Å². The van der Waals surface area contributed by atoms with Crippen molar-refractivity contribution in [3.8, 4) is 17.0 Å². The molecule has 0 aliphatic rings. The molecule has 0 aliphatic carbocycles. The average Bonchev–Trinajstić information content (AvgIpc) is 2.55. The van der Waals surface area contributed by atoms with Crippen molar-refractivity contribution in [3.05, 3.63) is 76.1 Å². The Balaban J connectivity index is 2.00. The summed E-state index contributed by atoms with van der Waals surface area (Å²) in [6.07, 6.45) is 3.47. The molecule has 0 atom stereocenters. The molecule has 0 unspecified atom stereocenters. The number of aromatic hydroxyl groups is 1. The molecule has 1 aromatic carbocycles. The second kappa shape index (κ2) is 6.04. The van der Waals surface area contributed by atoms with Gasteiger partial charge in [-0.3, -0.25) is 14.3 Å². The van der Waals surface area contributed by atoms with Crippen LogP contribution in [0, 0.1) is 6.92 Å². The van der Waals surface area contributed by atoms with Crippen molar-refractivity contribution in [2.24, 2.45) is 7.05 Å². The maximum Gasteiger partial charge on any atom is 0.262 e. The third-order valence-corrected chi connectivity index (χ3v) is 3.90. The van der Waals surface area contributed by atoms with E-state index in [2.05, 4.69) is 9.97 Å². The number of hydrogen-bond donors (Lipinski definition) is 1. The van der Waals surface area contributed by atoms with Crippen LogP contribution >= 0.6 is 0 Å². The molecular formula is C18H17N3O2. The Bertz CT molecular complexity index is 899. The Kier molecular flexibility index (Phi) is 3.93. The van der Waals surface area contributed by atoms with E-state index in [4.69, 9.17) is 0 Å². The third kappa shape index (κ3) is 2.99. The van der Waals surface area contributed by atoms with Gasteiger partial charge in [-0.1, -0.05) is 24.3 Å². The lowest BCUT2D eigenvalue weighted by molar-refractivity contribution is 0.473. The first-order valence-corrected chi connectivity index (χ1v) is 7.31. The van der Waals surface area contributed by atoms with Crippen molar-refractivity contribution in [1.29, 1.82) is 0 Å². The normalized spacial score (nSPS) is 10.7. The predicted molar refractivity (Wildman–Crippen MR) is 88.4 cm³/mol. The van der Waals surface area contributed by atoms with Crippen molar-refractivity contribution in [2.75, 3.05) is 0 Å². The number of pyridine rings is 1. The third-order valence-electron chi connectivity index (χ3n) is 3.90. The quantitative estimate of drug-likeness (QED) is 0.807. The fraction of sp³-hybridized carbons (Fsp3) is 0.167. The Morgan fingerprint density at radius 1 is 1.09 bits per heavy atom. The SMILES string of the molecule is Cc1ccccc1Cc1ncc(-c2ccc(O)cn2)c(=O)n1C. The molecule has 2 aromatic heterocycles. The van der Waals surface area contributed by atoms with E-state index in [1.165, 1.54) is 17.8 Å². The molecule has 5 nitrogen and oxygen atoms in total. The summed E-state index contributed by atoms with van der Waals surface area (Å²) in [6, 6.07) is 11.2. The van der Waals surface area contributed by atoms with Gasteiger partial charge >= 0.3 is 0 Å². The summed E-state index contributed by atoms with van der Waals surface area (Å²) in [6.45, 7) is 2.04. The van der Waals surface area contributed by atoms with Gasteiger partial charge in [0, 0.05) is 19.7 Å². The van der Waals surface area contributed by atoms with Crippen LogP contribution in [0.3, 0.4) is 0 Å². The minimum absolute atomic E-state index is 0.0645. The maximum atomic E-state index is 12.6. The predicted octanol–water partition coefficient (Wildman–Crippen LogP) is 2.45. The molecule has 0 saturated heterocycles. The summed E-state index contributed by atoms with van der Waals surface area (Å²) in [5, 5.41) is 9.30. The summed E-state index contributed by atoms with van der Waals surface area (Å²) in [4.78, 5) is 21.1. The Labute approximate surface area is 133 Å². The van der Waals surface area contributed by atoms with E-state index in [1.807, 2.05) is 31.2 Å². The topological polar surface area (TPSA) is 68.0 Å². The number of rotatable bonds is 3. The van der Waals surface area contributed by atoms with Crippen LogP contribution in [0.1, 0.15) is 17.0 Å². The smallest absolute Gasteiger partial charge is 0.262 e. The first kappa shape index (κ1) is 15.0. The number of hydrogen-bond acceptors (Lipinski definition) is 4. The molecule has 1 N–H and O–H groups in total. The molecule has 0 saturated carbocycles. The molecule has 2 heterocycles. The monoisotopic (exact) mass is 307 g/mol. The average molecular weight is 307 g/mol. The molecular weight excluding hydrogens is 290 g/mol. The molecule has 3 aromatic rings. The fourth-order valence-corrected chi connectivity index (χ4v) is 2.44. The number of aromatic nitrogens is 3. The lowest BCUT2D eigenvalue weighted by atomic mass is 10.1. The summed E-state index contributed by atoms with van der Waals surface area (Å²) < 4.78 is 1.55. The van der Waals surface area contributed by atoms with Gasteiger partial charge in [0.1, 0.15) is 11.6 Å². The van der Waals surface area contributed by atoms with Crippen LogP contribution in [0.4, 0.5) is 0 Å². The van der Waals surface area contributed by atoms with Gasteiger partial charge in [0.05, 0.1) is 17.5 Å². The van der Waals surface area contributed by atoms with Gasteiger partial charge in [-0.15, -0.1) is 0 Å². The van der Waals surface area contributed by atoms with Gasteiger partial charge in [0.25, 0.3) is 5.56 Å². The van der Waals surface area contributed by atoms with E-state index < -0.39 is 0 Å². The first-order chi connectivity index (χ1) is 11.1. The number of benzene rings is 1.